The maximum Gasteiger partial charge on any atom is 0.294 e. The zero-order valence-corrected chi connectivity index (χ0v) is 20.2. The fourth-order valence-corrected chi connectivity index (χ4v) is 5.54. The van der Waals surface area contributed by atoms with Gasteiger partial charge in [0.15, 0.2) is 0 Å². The summed E-state index contributed by atoms with van der Waals surface area (Å²) in [5.41, 5.74) is 2.41. The van der Waals surface area contributed by atoms with E-state index in [0.29, 0.717) is 34.0 Å². The number of aromatic amines is 1. The Hall–Kier alpha value is -2.95. The molecular formula is C23H24N4O4S2. The van der Waals surface area contributed by atoms with Crippen LogP contribution in [0.3, 0.4) is 0 Å². The number of nitrogens with zero attached hydrogens (tertiary/aromatic N) is 3. The molecule has 2 heterocycles. The predicted octanol–water partition coefficient (Wildman–Crippen LogP) is 3.62. The number of likely N-dealkylation sites (N-methyl/N-ethyl adjacent to an activating group) is 1. The van der Waals surface area contributed by atoms with Gasteiger partial charge in [-0.25, -0.2) is 4.31 Å². The Morgan fingerprint density at radius 1 is 1.06 bits per heavy atom. The number of H-pyrrole nitrogens is 1. The lowest BCUT2D eigenvalue weighted by atomic mass is 10.0. The molecule has 2 aromatic carbocycles. The third kappa shape index (κ3) is 4.87. The first-order valence-electron chi connectivity index (χ1n) is 10.2. The van der Waals surface area contributed by atoms with Crippen LogP contribution in [0.15, 0.2) is 48.7 Å². The smallest absolute Gasteiger partial charge is 0.294 e. The maximum atomic E-state index is 13.4. The van der Waals surface area contributed by atoms with Crippen LogP contribution in [0.5, 0.6) is 5.75 Å². The molecule has 33 heavy (non-hydrogen) atoms. The number of hydrogen-bond donors (Lipinski definition) is 1. The second kappa shape index (κ2) is 9.90. The number of fused-ring (bicyclic) bond motifs is 1. The van der Waals surface area contributed by atoms with Gasteiger partial charge in [0.2, 0.25) is 0 Å². The number of aromatic nitrogens is 1. The van der Waals surface area contributed by atoms with E-state index in [2.05, 4.69) is 21.4 Å². The number of nitrogens with one attached hydrogen (secondary N) is 1. The van der Waals surface area contributed by atoms with Crippen LogP contribution < -0.4 is 4.74 Å². The minimum Gasteiger partial charge on any atom is -0.496 e. The maximum absolute atomic E-state index is 13.4. The molecule has 172 valence electrons. The van der Waals surface area contributed by atoms with Crippen molar-refractivity contribution in [2.24, 2.45) is 0 Å². The van der Waals surface area contributed by atoms with Crippen LogP contribution in [0.2, 0.25) is 0 Å². The zero-order chi connectivity index (χ0) is 23.5. The molecule has 1 N–H and O–H groups in total. The topological polar surface area (TPSA) is 85.9 Å². The van der Waals surface area contributed by atoms with E-state index in [1.165, 1.54) is 49.8 Å². The highest BCUT2D eigenvalue weighted by molar-refractivity contribution is 8.03. The second-order valence-corrected chi connectivity index (χ2v) is 9.64. The van der Waals surface area contributed by atoms with Crippen LogP contribution in [0.25, 0.3) is 10.9 Å². The van der Waals surface area contributed by atoms with Gasteiger partial charge in [0, 0.05) is 43.8 Å². The summed E-state index contributed by atoms with van der Waals surface area (Å²) in [5.74, 6) is 0.0838. The largest absolute Gasteiger partial charge is 0.496 e. The molecule has 8 nitrogen and oxygen atoms in total. The van der Waals surface area contributed by atoms with Gasteiger partial charge < -0.3 is 14.6 Å². The number of hydrogen-bond acceptors (Lipinski definition) is 7. The minimum atomic E-state index is -0.630. The summed E-state index contributed by atoms with van der Waals surface area (Å²) in [4.78, 5) is 42.4. The van der Waals surface area contributed by atoms with Crippen molar-refractivity contribution in [1.29, 1.82) is 0 Å². The first-order valence-corrected chi connectivity index (χ1v) is 12.1. The molecule has 1 aliphatic heterocycles. The van der Waals surface area contributed by atoms with Gasteiger partial charge in [-0.3, -0.25) is 18.7 Å². The van der Waals surface area contributed by atoms with E-state index in [0.717, 1.165) is 6.54 Å². The van der Waals surface area contributed by atoms with Crippen molar-refractivity contribution in [3.05, 3.63) is 65.4 Å². The van der Waals surface area contributed by atoms with E-state index in [1.54, 1.807) is 28.4 Å². The molecular weight excluding hydrogens is 460 g/mol. The Labute approximate surface area is 200 Å². The molecule has 0 radical (unpaired) electrons. The lowest BCUT2D eigenvalue weighted by Gasteiger charge is -2.32. The van der Waals surface area contributed by atoms with Crippen molar-refractivity contribution >= 4 is 52.4 Å². The summed E-state index contributed by atoms with van der Waals surface area (Å²) in [5, 5.41) is 0.514. The van der Waals surface area contributed by atoms with E-state index in [4.69, 9.17) is 4.74 Å². The molecule has 0 unspecified atom stereocenters. The number of rotatable bonds is 6. The highest BCUT2D eigenvalue weighted by atomic mass is 32.2. The molecule has 0 aliphatic carbocycles. The predicted molar refractivity (Wildman–Crippen MR) is 131 cm³/mol. The van der Waals surface area contributed by atoms with Gasteiger partial charge in [-0.15, -0.1) is 0 Å². The summed E-state index contributed by atoms with van der Waals surface area (Å²) in [7, 11) is 4.56. The molecule has 0 bridgehead atoms. The number of amides is 2. The van der Waals surface area contributed by atoms with Crippen LogP contribution in [-0.2, 0) is 11.3 Å². The van der Waals surface area contributed by atoms with Gasteiger partial charge >= 0.3 is 0 Å². The number of ketones is 1. The fraction of sp³-hybridized carbons (Fsp3) is 0.261. The molecule has 0 saturated carbocycles. The first kappa shape index (κ1) is 23.2. The molecule has 1 aromatic heterocycles. The third-order valence-electron chi connectivity index (χ3n) is 5.22. The average Bonchev–Trinajstić information content (AvgIpc) is 3.25. The Morgan fingerprint density at radius 3 is 2.45 bits per heavy atom. The highest BCUT2D eigenvalue weighted by Gasteiger charge is 2.28. The second-order valence-electron chi connectivity index (χ2n) is 7.65. The molecule has 10 heteroatoms. The first-order chi connectivity index (χ1) is 15.9. The van der Waals surface area contributed by atoms with E-state index in [-0.39, 0.29) is 11.5 Å². The van der Waals surface area contributed by atoms with Crippen molar-refractivity contribution < 1.29 is 19.1 Å². The van der Waals surface area contributed by atoms with Crippen molar-refractivity contribution in [1.82, 2.24) is 18.5 Å². The zero-order valence-electron chi connectivity index (χ0n) is 18.5. The number of Topliss-reactive ketones (excluding diaryl/α,β-unsaturated/α-hetero) is 1. The van der Waals surface area contributed by atoms with E-state index >= 15 is 0 Å². The SMILES string of the molecule is COc1cc2[nH]cc(C(=O)C(=O)N(C)C)c2cc1C(=O)N1CSN(Cc2ccccc2)CS1. The Balaban J connectivity index is 1.54. The highest BCUT2D eigenvalue weighted by Crippen LogP contribution is 2.34. The van der Waals surface area contributed by atoms with Crippen LogP contribution in [0, 0.1) is 0 Å². The third-order valence-corrected chi connectivity index (χ3v) is 7.58. The van der Waals surface area contributed by atoms with Gasteiger partial charge in [-0.2, -0.15) is 0 Å². The Kier molecular flexibility index (Phi) is 6.96. The quantitative estimate of drug-likeness (QED) is 0.325. The van der Waals surface area contributed by atoms with Gasteiger partial charge in [0.25, 0.3) is 17.6 Å². The Bertz CT molecular complexity index is 1190. The van der Waals surface area contributed by atoms with Crippen molar-refractivity contribution in [3.63, 3.8) is 0 Å². The van der Waals surface area contributed by atoms with Crippen molar-refractivity contribution in [3.8, 4) is 5.75 Å². The summed E-state index contributed by atoms with van der Waals surface area (Å²) >= 11 is 3.03. The lowest BCUT2D eigenvalue weighted by molar-refractivity contribution is -0.124. The molecule has 1 aliphatic rings. The monoisotopic (exact) mass is 484 g/mol. The van der Waals surface area contributed by atoms with Gasteiger partial charge in [0.1, 0.15) is 5.75 Å². The Morgan fingerprint density at radius 2 is 1.82 bits per heavy atom. The van der Waals surface area contributed by atoms with Crippen LogP contribution in [0.1, 0.15) is 26.3 Å². The molecule has 4 rings (SSSR count). The summed E-state index contributed by atoms with van der Waals surface area (Å²) < 4.78 is 9.36. The molecule has 0 spiro atoms. The fourth-order valence-electron chi connectivity index (χ4n) is 3.46. The van der Waals surface area contributed by atoms with Crippen molar-refractivity contribution in [2.45, 2.75) is 6.54 Å². The molecule has 3 aromatic rings. The molecule has 2 amide bonds. The summed E-state index contributed by atoms with van der Waals surface area (Å²) in [6.45, 7) is 0.796. The summed E-state index contributed by atoms with van der Waals surface area (Å²) in [6.07, 6.45) is 1.50. The van der Waals surface area contributed by atoms with Crippen molar-refractivity contribution in [2.75, 3.05) is 33.0 Å². The van der Waals surface area contributed by atoms with E-state index < -0.39 is 11.7 Å². The molecule has 0 atom stereocenters. The number of carbonyl (C=O) groups excluding carboxylic acids is 3. The van der Waals surface area contributed by atoms with Crippen LogP contribution in [0.4, 0.5) is 0 Å². The number of ether oxygens (including phenoxy) is 1. The van der Waals surface area contributed by atoms with E-state index in [1.807, 2.05) is 18.2 Å². The van der Waals surface area contributed by atoms with Gasteiger partial charge in [-0.1, -0.05) is 42.3 Å². The number of carbonyl (C=O) groups is 3. The summed E-state index contributed by atoms with van der Waals surface area (Å²) in [6, 6.07) is 13.5. The number of methoxy groups -OCH3 is 1. The normalized spacial score (nSPS) is 14.3. The lowest BCUT2D eigenvalue weighted by Crippen LogP contribution is -2.33. The van der Waals surface area contributed by atoms with E-state index in [9.17, 15) is 14.4 Å². The standard InChI is InChI=1S/C23H24N4O4S2/c1-25(2)23(30)21(28)18-11-24-19-10-20(31-3)17(9-16(18)19)22(29)27-14-32-26(13-33-27)12-15-7-5-4-6-8-15/h4-11,24H,12-14H2,1-3H3. The van der Waals surface area contributed by atoms with Gasteiger partial charge in [0.05, 0.1) is 30.0 Å². The van der Waals surface area contributed by atoms with Crippen LogP contribution in [-0.4, -0.2) is 69.1 Å². The van der Waals surface area contributed by atoms with Crippen LogP contribution >= 0.6 is 23.9 Å². The average molecular weight is 485 g/mol. The minimum absolute atomic E-state index is 0.204. The number of benzene rings is 2. The molecule has 1 fully saturated rings. The molecule has 1 saturated heterocycles. The van der Waals surface area contributed by atoms with Gasteiger partial charge in [-0.05, 0) is 23.6 Å².